The molecule has 0 aromatic rings. The van der Waals surface area contributed by atoms with E-state index < -0.39 is 54.2 Å². The smallest absolute Gasteiger partial charge is 0.186 e. The van der Waals surface area contributed by atoms with E-state index in [1.807, 2.05) is 109 Å². The zero-order chi connectivity index (χ0) is 49.8. The van der Waals surface area contributed by atoms with Crippen molar-refractivity contribution in [1.82, 2.24) is 15.1 Å². The second kappa shape index (κ2) is 42.8. The van der Waals surface area contributed by atoms with Crippen LogP contribution in [-0.2, 0) is 28.5 Å². The molecule has 380 valence electrons. The fourth-order valence-electron chi connectivity index (χ4n) is 7.63. The molecule has 14 nitrogen and oxygen atoms in total. The SMILES string of the molecule is CC.CC.CC.CC.CC1CCOC(C)C1.CNCCCO[C@H]1C(O[C@H]([C@@H](C)[C@H](O)C(C)C=O)[C@](C)(O)C[C@@H](C)CN(C)C(C)C(O)C(O)COC)OC(C)CC1N(C)C.CO. The number of carbonyl (C=O) groups excluding carboxylic acids is 1. The molecule has 15 atom stereocenters. The van der Waals surface area contributed by atoms with Crippen LogP contribution in [0.1, 0.15) is 143 Å². The number of nitrogens with zero attached hydrogens (tertiary/aromatic N) is 2. The van der Waals surface area contributed by atoms with Crippen LogP contribution < -0.4 is 5.32 Å². The molecule has 9 unspecified atom stereocenters. The van der Waals surface area contributed by atoms with Crippen molar-refractivity contribution in [2.75, 3.05) is 75.3 Å². The van der Waals surface area contributed by atoms with Crippen molar-refractivity contribution in [2.24, 2.45) is 23.7 Å². The van der Waals surface area contributed by atoms with Crippen molar-refractivity contribution in [2.45, 2.75) is 210 Å². The number of aldehydes is 1. The van der Waals surface area contributed by atoms with E-state index in [1.165, 1.54) is 20.0 Å². The number of likely N-dealkylation sites (N-methyl/N-ethyl adjacent to an activating group) is 2. The van der Waals surface area contributed by atoms with E-state index in [1.54, 1.807) is 20.8 Å². The zero-order valence-corrected chi connectivity index (χ0v) is 44.3. The quantitative estimate of drug-likeness (QED) is 0.0529. The lowest BCUT2D eigenvalue weighted by molar-refractivity contribution is -0.306. The highest BCUT2D eigenvalue weighted by Gasteiger charge is 2.48. The molecular formula is C48H107N3O11. The highest BCUT2D eigenvalue weighted by Crippen LogP contribution is 2.36. The van der Waals surface area contributed by atoms with Crippen LogP contribution in [0.3, 0.4) is 0 Å². The molecule has 0 aromatic carbocycles. The molecule has 0 spiro atoms. The fraction of sp³-hybridized carbons (Fsp3) is 0.979. The van der Waals surface area contributed by atoms with Crippen LogP contribution in [0.4, 0.5) is 0 Å². The summed E-state index contributed by atoms with van der Waals surface area (Å²) in [4.78, 5) is 15.7. The molecule has 0 aromatic heterocycles. The first-order chi connectivity index (χ1) is 29.3. The molecule has 0 radical (unpaired) electrons. The van der Waals surface area contributed by atoms with Crippen molar-refractivity contribution in [3.63, 3.8) is 0 Å². The van der Waals surface area contributed by atoms with Gasteiger partial charge in [0, 0.05) is 57.9 Å². The molecule has 2 aliphatic heterocycles. The molecular weight excluding hydrogens is 795 g/mol. The monoisotopic (exact) mass is 902 g/mol. The van der Waals surface area contributed by atoms with Gasteiger partial charge in [-0.1, -0.05) is 83.1 Å². The maximum absolute atomic E-state index is 12.1. The average molecular weight is 902 g/mol. The molecule has 0 amide bonds. The normalized spacial score (nSPS) is 25.6. The lowest BCUT2D eigenvalue weighted by atomic mass is 9.78. The number of nitrogens with one attached hydrogen (secondary N) is 1. The second-order valence-corrected chi connectivity index (χ2v) is 16.4. The minimum Gasteiger partial charge on any atom is -0.400 e. The Morgan fingerprint density at radius 1 is 0.887 bits per heavy atom. The third kappa shape index (κ3) is 28.9. The van der Waals surface area contributed by atoms with Crippen LogP contribution in [0.25, 0.3) is 0 Å². The van der Waals surface area contributed by atoms with Gasteiger partial charge in [-0.3, -0.25) is 0 Å². The van der Waals surface area contributed by atoms with E-state index in [2.05, 4.69) is 24.1 Å². The number of rotatable bonds is 22. The maximum Gasteiger partial charge on any atom is 0.186 e. The molecule has 62 heavy (non-hydrogen) atoms. The molecule has 0 saturated carbocycles. The number of methoxy groups -OCH3 is 1. The number of aliphatic hydroxyl groups excluding tert-OH is 4. The molecule has 2 saturated heterocycles. The maximum atomic E-state index is 12.1. The van der Waals surface area contributed by atoms with Gasteiger partial charge >= 0.3 is 0 Å². The fourth-order valence-corrected chi connectivity index (χ4v) is 7.63. The lowest BCUT2D eigenvalue weighted by Crippen LogP contribution is -2.59. The summed E-state index contributed by atoms with van der Waals surface area (Å²) in [5.74, 6) is -0.467. The summed E-state index contributed by atoms with van der Waals surface area (Å²) >= 11 is 0. The Hall–Kier alpha value is -0.850. The van der Waals surface area contributed by atoms with Gasteiger partial charge in [0.05, 0.1) is 42.7 Å². The molecule has 14 heteroatoms. The van der Waals surface area contributed by atoms with Gasteiger partial charge in [-0.05, 0) is 106 Å². The van der Waals surface area contributed by atoms with E-state index in [0.717, 1.165) is 39.0 Å². The van der Waals surface area contributed by atoms with Gasteiger partial charge in [0.25, 0.3) is 0 Å². The minimum absolute atomic E-state index is 0.00649. The van der Waals surface area contributed by atoms with Gasteiger partial charge in [0.15, 0.2) is 6.29 Å². The van der Waals surface area contributed by atoms with Crippen LogP contribution in [0.5, 0.6) is 0 Å². The van der Waals surface area contributed by atoms with Crippen molar-refractivity contribution in [3.05, 3.63) is 0 Å². The molecule has 6 N–H and O–H groups in total. The predicted octanol–water partition coefficient (Wildman–Crippen LogP) is 6.26. The summed E-state index contributed by atoms with van der Waals surface area (Å²) in [7, 11) is 10.2. The van der Waals surface area contributed by atoms with Crippen LogP contribution in [0.2, 0.25) is 0 Å². The number of ether oxygens (including phenoxy) is 5. The van der Waals surface area contributed by atoms with E-state index in [9.17, 15) is 25.2 Å². The van der Waals surface area contributed by atoms with Gasteiger partial charge in [-0.2, -0.15) is 0 Å². The summed E-state index contributed by atoms with van der Waals surface area (Å²) in [6, 6.07) is -0.360. The molecule has 0 bridgehead atoms. The first-order valence-corrected chi connectivity index (χ1v) is 24.0. The number of aliphatic hydroxyl groups is 5. The van der Waals surface area contributed by atoms with Crippen LogP contribution in [0.15, 0.2) is 0 Å². The van der Waals surface area contributed by atoms with E-state index in [0.29, 0.717) is 32.0 Å². The highest BCUT2D eigenvalue weighted by atomic mass is 16.7. The average Bonchev–Trinajstić information content (AvgIpc) is 3.26. The highest BCUT2D eigenvalue weighted by molar-refractivity contribution is 5.53. The first-order valence-electron chi connectivity index (χ1n) is 24.0. The van der Waals surface area contributed by atoms with Gasteiger partial charge in [-0.25, -0.2) is 0 Å². The largest absolute Gasteiger partial charge is 0.400 e. The number of carbonyl (C=O) groups is 1. The summed E-state index contributed by atoms with van der Waals surface area (Å²) in [6.45, 7) is 34.2. The van der Waals surface area contributed by atoms with Gasteiger partial charge in [0.1, 0.15) is 18.5 Å². The second-order valence-electron chi connectivity index (χ2n) is 16.4. The third-order valence-electron chi connectivity index (χ3n) is 10.8. The van der Waals surface area contributed by atoms with Crippen molar-refractivity contribution < 1.29 is 54.0 Å². The predicted molar refractivity (Wildman–Crippen MR) is 258 cm³/mol. The van der Waals surface area contributed by atoms with E-state index >= 15 is 0 Å². The Bertz CT molecular complexity index is 946. The summed E-state index contributed by atoms with van der Waals surface area (Å²) in [5.41, 5.74) is -1.44. The molecule has 2 heterocycles. The third-order valence-corrected chi connectivity index (χ3v) is 10.8. The molecule has 0 aliphatic carbocycles. The van der Waals surface area contributed by atoms with Gasteiger partial charge in [0.2, 0.25) is 0 Å². The van der Waals surface area contributed by atoms with E-state index in [4.69, 9.17) is 28.8 Å². The Morgan fingerprint density at radius 3 is 1.87 bits per heavy atom. The Morgan fingerprint density at radius 2 is 1.44 bits per heavy atom. The van der Waals surface area contributed by atoms with Gasteiger partial charge in [-0.15, -0.1) is 0 Å². The van der Waals surface area contributed by atoms with Crippen molar-refractivity contribution >= 4 is 6.29 Å². The first kappa shape index (κ1) is 70.2. The van der Waals surface area contributed by atoms with Crippen LogP contribution >= 0.6 is 0 Å². The standard InChI is InChI=1S/C32H65N3O9.C7H14O.4C2H6.CH4O/c1-20(17-35(10)24(5)28(39)26(37)19-41-11)16-32(6,40)30(23(4)27(38)21(2)18-36)44-31-29(42-14-12-13-33-7)25(34(8)9)15-22(3)43-31;1-6-3-4-8-7(2)5-6;5*1-2/h18,20-31,33,37-40H,12-17,19H2,1-11H3;6-7H,3-5H2,1-2H3;4*1-2H3;2H,1H3/t20-,21?,22?,23+,24?,25?,26?,27-,28?,29-,30-,31?,32-;;;;;;/m1....../s1. The minimum atomic E-state index is -1.44. The number of hydrogen-bond donors (Lipinski definition) is 6. The zero-order valence-electron chi connectivity index (χ0n) is 44.3. The van der Waals surface area contributed by atoms with E-state index in [-0.39, 0.29) is 30.7 Å². The summed E-state index contributed by atoms with van der Waals surface area (Å²) in [5, 5.41) is 54.1. The van der Waals surface area contributed by atoms with Crippen LogP contribution in [-0.4, -0.2) is 184 Å². The number of hydrogen-bond acceptors (Lipinski definition) is 14. The topological polar surface area (TPSA) is 183 Å². The Labute approximate surface area is 383 Å². The lowest BCUT2D eigenvalue weighted by Gasteiger charge is -2.48. The Balaban J connectivity index is -0.000000508. The van der Waals surface area contributed by atoms with Crippen molar-refractivity contribution in [1.29, 1.82) is 0 Å². The van der Waals surface area contributed by atoms with Gasteiger partial charge < -0.3 is 69.1 Å². The van der Waals surface area contributed by atoms with Crippen molar-refractivity contribution in [3.8, 4) is 0 Å². The molecule has 2 rings (SSSR count). The summed E-state index contributed by atoms with van der Waals surface area (Å²) in [6.07, 6.45) is 0.220. The molecule has 2 fully saturated rings. The van der Waals surface area contributed by atoms with Crippen LogP contribution in [0, 0.1) is 23.7 Å². The summed E-state index contributed by atoms with van der Waals surface area (Å²) < 4.78 is 29.7. The Kier molecular flexibility index (Phi) is 48.4. The molecule has 2 aliphatic rings.